The number of benzene rings is 3. The molecule has 0 bridgehead atoms. The molecule has 3 nitrogen and oxygen atoms in total. The Kier molecular flexibility index (Phi) is 8.03. The maximum atomic E-state index is 14.2. The Morgan fingerprint density at radius 2 is 1.74 bits per heavy atom. The van der Waals surface area contributed by atoms with Crippen molar-refractivity contribution < 1.29 is 23.1 Å². The second kappa shape index (κ2) is 11.6. The van der Waals surface area contributed by atoms with E-state index in [1.807, 2.05) is 43.3 Å². The van der Waals surface area contributed by atoms with Crippen LogP contribution in [0.4, 0.5) is 13.2 Å². The van der Waals surface area contributed by atoms with Crippen molar-refractivity contribution in [1.29, 1.82) is 0 Å². The summed E-state index contributed by atoms with van der Waals surface area (Å²) in [5, 5.41) is 9.56. The zero-order valence-electron chi connectivity index (χ0n) is 22.0. The molecule has 0 radical (unpaired) electrons. The molecule has 6 heteroatoms. The summed E-state index contributed by atoms with van der Waals surface area (Å²) in [5.74, 6) is -0.983. The molecule has 1 fully saturated rings. The number of aromatic carboxylic acids is 1. The fraction of sp³-hybridized carbons (Fsp3) is 0.303. The predicted octanol–water partition coefficient (Wildman–Crippen LogP) is 7.98. The number of hydrogen-bond acceptors (Lipinski definition) is 2. The highest BCUT2D eigenvalue weighted by molar-refractivity contribution is 6.01. The lowest BCUT2D eigenvalue weighted by Gasteiger charge is -2.33. The third-order valence-corrected chi connectivity index (χ3v) is 7.60. The molecule has 1 aliphatic carbocycles. The highest BCUT2D eigenvalue weighted by Gasteiger charge is 2.25. The number of halogens is 3. The quantitative estimate of drug-likeness (QED) is 0.320. The van der Waals surface area contributed by atoms with Gasteiger partial charge in [-0.15, -0.1) is 0 Å². The first-order chi connectivity index (χ1) is 18.8. The minimum absolute atomic E-state index is 0.0248. The lowest BCUT2D eigenvalue weighted by Crippen LogP contribution is -2.40. The number of likely N-dealkylation sites (tertiary alicyclic amines) is 1. The minimum atomic E-state index is -2.60. The molecule has 3 aromatic carbocycles. The van der Waals surface area contributed by atoms with Crippen LogP contribution in [-0.2, 0) is 6.42 Å². The molecule has 2 aliphatic rings. The van der Waals surface area contributed by atoms with Gasteiger partial charge in [0.1, 0.15) is 0 Å². The second-order valence-electron chi connectivity index (χ2n) is 10.5. The van der Waals surface area contributed by atoms with Crippen LogP contribution in [0.5, 0.6) is 0 Å². The number of allylic oxidation sites excluding steroid dienone is 1. The molecule has 39 heavy (non-hydrogen) atoms. The fourth-order valence-corrected chi connectivity index (χ4v) is 5.70. The van der Waals surface area contributed by atoms with Crippen molar-refractivity contribution in [2.75, 3.05) is 26.3 Å². The van der Waals surface area contributed by atoms with Gasteiger partial charge >= 0.3 is 5.97 Å². The van der Waals surface area contributed by atoms with Crippen molar-refractivity contribution in [2.24, 2.45) is 0 Å². The number of hydrogen-bond donors (Lipinski definition) is 1. The summed E-state index contributed by atoms with van der Waals surface area (Å²) in [6.07, 6.45) is 2.11. The summed E-state index contributed by atoms with van der Waals surface area (Å²) in [5.41, 5.74) is 8.40. The largest absolute Gasteiger partial charge is 0.478 e. The van der Waals surface area contributed by atoms with Crippen molar-refractivity contribution in [3.8, 4) is 0 Å². The Bertz CT molecular complexity index is 1430. The SMILES string of the molecule is Cc1ccc(C2=C(c3ccc(C=C4CN(CCCF)C4)cc3)c3ccc(C(=O)O)cc3CCC2)c(C(F)F)c1. The lowest BCUT2D eigenvalue weighted by molar-refractivity contribution is 0.0696. The number of aryl methyl sites for hydroxylation is 2. The number of alkyl halides is 3. The van der Waals surface area contributed by atoms with Gasteiger partial charge in [0, 0.05) is 25.2 Å². The molecule has 0 saturated carbocycles. The van der Waals surface area contributed by atoms with Gasteiger partial charge in [-0.25, -0.2) is 13.6 Å². The first-order valence-electron chi connectivity index (χ1n) is 13.4. The van der Waals surface area contributed by atoms with Gasteiger partial charge in [0.25, 0.3) is 6.43 Å². The van der Waals surface area contributed by atoms with E-state index in [0.29, 0.717) is 24.8 Å². The van der Waals surface area contributed by atoms with Crippen LogP contribution >= 0.6 is 0 Å². The monoisotopic (exact) mass is 531 g/mol. The van der Waals surface area contributed by atoms with Crippen LogP contribution in [0.3, 0.4) is 0 Å². The Morgan fingerprint density at radius 1 is 1.00 bits per heavy atom. The van der Waals surface area contributed by atoms with Crippen LogP contribution in [0, 0.1) is 6.92 Å². The number of carbonyl (C=O) groups is 1. The van der Waals surface area contributed by atoms with Gasteiger partial charge < -0.3 is 5.11 Å². The maximum absolute atomic E-state index is 14.2. The summed E-state index contributed by atoms with van der Waals surface area (Å²) >= 11 is 0. The van der Waals surface area contributed by atoms with Gasteiger partial charge in [-0.1, -0.05) is 54.1 Å². The van der Waals surface area contributed by atoms with Crippen molar-refractivity contribution in [3.05, 3.63) is 111 Å². The van der Waals surface area contributed by atoms with Gasteiger partial charge in [0.15, 0.2) is 0 Å². The van der Waals surface area contributed by atoms with Crippen LogP contribution in [0.25, 0.3) is 17.2 Å². The molecule has 0 atom stereocenters. The van der Waals surface area contributed by atoms with E-state index in [1.165, 1.54) is 5.57 Å². The summed E-state index contributed by atoms with van der Waals surface area (Å²) in [4.78, 5) is 13.9. The first kappa shape index (κ1) is 26.9. The molecular formula is C33H32F3NO2. The summed E-state index contributed by atoms with van der Waals surface area (Å²) in [6.45, 7) is 3.99. The molecule has 3 aromatic rings. The Labute approximate surface area is 227 Å². The summed E-state index contributed by atoms with van der Waals surface area (Å²) in [6, 6.07) is 18.5. The normalized spacial score (nSPS) is 15.7. The minimum Gasteiger partial charge on any atom is -0.478 e. The molecule has 5 rings (SSSR count). The van der Waals surface area contributed by atoms with E-state index in [1.54, 1.807) is 24.3 Å². The molecule has 202 valence electrons. The van der Waals surface area contributed by atoms with Gasteiger partial charge in [-0.05, 0) is 95.3 Å². The number of carboxylic acid groups (broad SMARTS) is 1. The van der Waals surface area contributed by atoms with Crippen molar-refractivity contribution >= 4 is 23.2 Å². The average Bonchev–Trinajstić information content (AvgIpc) is 3.09. The molecular weight excluding hydrogens is 499 g/mol. The van der Waals surface area contributed by atoms with E-state index in [2.05, 4.69) is 11.0 Å². The lowest BCUT2D eigenvalue weighted by atomic mass is 9.85. The first-order valence-corrected chi connectivity index (χ1v) is 13.4. The third kappa shape index (κ3) is 5.86. The van der Waals surface area contributed by atoms with Crippen LogP contribution < -0.4 is 0 Å². The Morgan fingerprint density at radius 3 is 2.44 bits per heavy atom. The molecule has 1 aliphatic heterocycles. The predicted molar refractivity (Wildman–Crippen MR) is 150 cm³/mol. The standard InChI is InChI=1S/C33H32F3NO2/c1-21-6-12-28(30(16-21)32(35)36)29-5-2-4-25-18-26(33(38)39)11-13-27(25)31(29)24-9-7-22(8-10-24)17-23-19-37(20-23)15-3-14-34/h6-13,16-18,32H,2-5,14-15,19-20H2,1H3,(H,38,39). The summed E-state index contributed by atoms with van der Waals surface area (Å²) < 4.78 is 40.9. The van der Waals surface area contributed by atoms with Crippen LogP contribution in [-0.4, -0.2) is 42.3 Å². The van der Waals surface area contributed by atoms with E-state index in [0.717, 1.165) is 65.0 Å². The van der Waals surface area contributed by atoms with E-state index >= 15 is 0 Å². The zero-order chi connectivity index (χ0) is 27.5. The molecule has 0 unspecified atom stereocenters. The van der Waals surface area contributed by atoms with Crippen molar-refractivity contribution in [1.82, 2.24) is 4.90 Å². The van der Waals surface area contributed by atoms with E-state index in [9.17, 15) is 23.1 Å². The van der Waals surface area contributed by atoms with E-state index < -0.39 is 12.4 Å². The number of fused-ring (bicyclic) bond motifs is 1. The number of nitrogens with zero attached hydrogens (tertiary/aromatic N) is 1. The van der Waals surface area contributed by atoms with Crippen molar-refractivity contribution in [3.63, 3.8) is 0 Å². The molecule has 1 N–H and O–H groups in total. The van der Waals surface area contributed by atoms with Crippen molar-refractivity contribution in [2.45, 2.75) is 39.0 Å². The molecule has 1 heterocycles. The van der Waals surface area contributed by atoms with Crippen LogP contribution in [0.15, 0.2) is 66.2 Å². The molecule has 1 saturated heterocycles. The van der Waals surface area contributed by atoms with Gasteiger partial charge in [-0.3, -0.25) is 9.29 Å². The number of rotatable bonds is 8. The fourth-order valence-electron chi connectivity index (χ4n) is 5.70. The molecule has 0 amide bonds. The summed E-state index contributed by atoms with van der Waals surface area (Å²) in [7, 11) is 0. The van der Waals surface area contributed by atoms with Gasteiger partial charge in [-0.2, -0.15) is 0 Å². The van der Waals surface area contributed by atoms with Crippen LogP contribution in [0.2, 0.25) is 0 Å². The van der Waals surface area contributed by atoms with E-state index in [-0.39, 0.29) is 17.8 Å². The van der Waals surface area contributed by atoms with Gasteiger partial charge in [0.05, 0.1) is 12.2 Å². The third-order valence-electron chi connectivity index (χ3n) is 7.60. The van der Waals surface area contributed by atoms with Crippen LogP contribution in [0.1, 0.15) is 75.0 Å². The second-order valence-corrected chi connectivity index (χ2v) is 10.5. The zero-order valence-corrected chi connectivity index (χ0v) is 22.0. The smallest absolute Gasteiger partial charge is 0.335 e. The number of carboxylic acids is 1. The highest BCUT2D eigenvalue weighted by atomic mass is 19.3. The highest BCUT2D eigenvalue weighted by Crippen LogP contribution is 2.42. The van der Waals surface area contributed by atoms with Gasteiger partial charge in [0.2, 0.25) is 0 Å². The average molecular weight is 532 g/mol. The Hall–Kier alpha value is -3.64. The topological polar surface area (TPSA) is 40.5 Å². The molecule has 0 aromatic heterocycles. The molecule has 0 spiro atoms. The Balaban J connectivity index is 1.59. The maximum Gasteiger partial charge on any atom is 0.335 e. The van der Waals surface area contributed by atoms with E-state index in [4.69, 9.17) is 0 Å².